The highest BCUT2D eigenvalue weighted by Crippen LogP contribution is 2.22. The summed E-state index contributed by atoms with van der Waals surface area (Å²) in [5, 5.41) is 21.9. The molecule has 0 aliphatic heterocycles. The van der Waals surface area contributed by atoms with E-state index in [2.05, 4.69) is 5.32 Å². The lowest BCUT2D eigenvalue weighted by Gasteiger charge is -2.18. The zero-order valence-electron chi connectivity index (χ0n) is 15.5. The van der Waals surface area contributed by atoms with Gasteiger partial charge in [-0.25, -0.2) is 9.18 Å². The molecule has 0 saturated carbocycles. The Morgan fingerprint density at radius 2 is 1.59 bits per heavy atom. The number of carboxylic acid groups (broad SMARTS) is 1. The average molecular weight is 393 g/mol. The van der Waals surface area contributed by atoms with Crippen molar-refractivity contribution in [1.82, 2.24) is 0 Å². The van der Waals surface area contributed by atoms with E-state index >= 15 is 0 Å². The molecule has 0 spiro atoms. The molecule has 1 unspecified atom stereocenters. The smallest absolute Gasteiger partial charge is 0.326 e. The molecule has 29 heavy (non-hydrogen) atoms. The van der Waals surface area contributed by atoms with Crippen molar-refractivity contribution >= 4 is 17.4 Å². The van der Waals surface area contributed by atoms with Gasteiger partial charge >= 0.3 is 5.97 Å². The highest BCUT2D eigenvalue weighted by molar-refractivity contribution is 6.12. The Bertz CT molecular complexity index is 1000. The van der Waals surface area contributed by atoms with E-state index in [1.165, 1.54) is 24.3 Å². The summed E-state index contributed by atoms with van der Waals surface area (Å²) >= 11 is 0. The van der Waals surface area contributed by atoms with Gasteiger partial charge in [-0.15, -0.1) is 0 Å². The number of ketones is 1. The predicted octanol–water partition coefficient (Wildman–Crippen LogP) is 4.26. The minimum Gasteiger partial charge on any atom is -0.508 e. The van der Waals surface area contributed by atoms with Crippen molar-refractivity contribution in [1.29, 1.82) is 0 Å². The molecule has 0 aliphatic carbocycles. The molecule has 0 aromatic heterocycles. The molecule has 0 radical (unpaired) electrons. The van der Waals surface area contributed by atoms with E-state index in [9.17, 15) is 24.2 Å². The van der Waals surface area contributed by atoms with Crippen molar-refractivity contribution in [3.05, 3.63) is 95.3 Å². The second-order valence-electron chi connectivity index (χ2n) is 6.62. The van der Waals surface area contributed by atoms with Crippen molar-refractivity contribution < 1.29 is 24.2 Å². The van der Waals surface area contributed by atoms with Crippen LogP contribution in [0.3, 0.4) is 0 Å². The Hall–Kier alpha value is -3.67. The first-order valence-electron chi connectivity index (χ1n) is 9.10. The highest BCUT2D eigenvalue weighted by Gasteiger charge is 2.21. The predicted molar refractivity (Wildman–Crippen MR) is 108 cm³/mol. The van der Waals surface area contributed by atoms with Crippen LogP contribution < -0.4 is 5.32 Å². The third-order valence-corrected chi connectivity index (χ3v) is 4.56. The fraction of sp³-hybridized carbons (Fsp3) is 0.130. The number of aliphatic carboxylic acids is 1. The van der Waals surface area contributed by atoms with Gasteiger partial charge in [0.1, 0.15) is 17.6 Å². The van der Waals surface area contributed by atoms with Crippen LogP contribution in [0.25, 0.3) is 0 Å². The second kappa shape index (κ2) is 9.01. The number of aryl methyl sites for hydroxylation is 1. The maximum Gasteiger partial charge on any atom is 0.326 e. The molecule has 0 fully saturated rings. The largest absolute Gasteiger partial charge is 0.508 e. The van der Waals surface area contributed by atoms with Crippen LogP contribution in [0.5, 0.6) is 5.75 Å². The van der Waals surface area contributed by atoms with Crippen LogP contribution in [0.2, 0.25) is 0 Å². The fourth-order valence-electron chi connectivity index (χ4n) is 2.98. The van der Waals surface area contributed by atoms with Gasteiger partial charge in [0.15, 0.2) is 5.78 Å². The number of halogens is 1. The minimum absolute atomic E-state index is 0.148. The lowest BCUT2D eigenvalue weighted by atomic mass is 10.00. The second-order valence-corrected chi connectivity index (χ2v) is 6.62. The number of hydrogen-bond acceptors (Lipinski definition) is 4. The molecule has 3 aromatic rings. The zero-order valence-corrected chi connectivity index (χ0v) is 15.5. The van der Waals surface area contributed by atoms with Gasteiger partial charge in [-0.2, -0.15) is 0 Å². The topological polar surface area (TPSA) is 86.6 Å². The Kier molecular flexibility index (Phi) is 6.24. The highest BCUT2D eigenvalue weighted by atomic mass is 19.1. The molecule has 6 heteroatoms. The number of rotatable bonds is 8. The third-order valence-electron chi connectivity index (χ3n) is 4.56. The molecule has 3 N–H and O–H groups in total. The number of carbonyl (C=O) groups excluding carboxylic acids is 1. The summed E-state index contributed by atoms with van der Waals surface area (Å²) in [7, 11) is 0. The molecule has 0 heterocycles. The van der Waals surface area contributed by atoms with Gasteiger partial charge in [-0.3, -0.25) is 4.79 Å². The van der Waals surface area contributed by atoms with Crippen molar-refractivity contribution in [2.24, 2.45) is 0 Å². The van der Waals surface area contributed by atoms with Crippen LogP contribution in [0, 0.1) is 5.82 Å². The first-order chi connectivity index (χ1) is 13.9. The lowest BCUT2D eigenvalue weighted by Crippen LogP contribution is -2.30. The Labute approximate surface area is 167 Å². The van der Waals surface area contributed by atoms with Crippen molar-refractivity contribution in [2.75, 3.05) is 5.32 Å². The van der Waals surface area contributed by atoms with Crippen molar-refractivity contribution in [3.8, 4) is 5.75 Å². The minimum atomic E-state index is -1.03. The van der Waals surface area contributed by atoms with Crippen molar-refractivity contribution in [3.63, 3.8) is 0 Å². The van der Waals surface area contributed by atoms with Gasteiger partial charge in [0, 0.05) is 16.8 Å². The summed E-state index contributed by atoms with van der Waals surface area (Å²) in [5.74, 6) is -1.65. The third kappa shape index (κ3) is 5.19. The van der Waals surface area contributed by atoms with E-state index in [0.717, 1.165) is 5.56 Å². The number of phenols is 1. The molecule has 148 valence electrons. The normalized spacial score (nSPS) is 11.6. The zero-order chi connectivity index (χ0) is 20.8. The van der Waals surface area contributed by atoms with Gasteiger partial charge in [0.25, 0.3) is 0 Å². The number of benzene rings is 3. The monoisotopic (exact) mass is 393 g/mol. The number of nitrogens with one attached hydrogen (secondary N) is 1. The van der Waals surface area contributed by atoms with Gasteiger partial charge < -0.3 is 15.5 Å². The first kappa shape index (κ1) is 20.1. The van der Waals surface area contributed by atoms with Gasteiger partial charge in [-0.1, -0.05) is 24.3 Å². The van der Waals surface area contributed by atoms with E-state index in [0.29, 0.717) is 29.7 Å². The quantitative estimate of drug-likeness (QED) is 0.498. The molecular formula is C23H20FNO4. The van der Waals surface area contributed by atoms with Crippen molar-refractivity contribution in [2.45, 2.75) is 18.9 Å². The Morgan fingerprint density at radius 3 is 2.24 bits per heavy atom. The number of hydrogen-bond donors (Lipinski definition) is 3. The molecule has 0 aliphatic rings. The number of anilines is 1. The summed E-state index contributed by atoms with van der Waals surface area (Å²) < 4.78 is 13.1. The number of aromatic hydroxyl groups is 1. The molecule has 1 atom stereocenters. The lowest BCUT2D eigenvalue weighted by molar-refractivity contribution is -0.138. The number of carboxylic acids is 1. The Balaban J connectivity index is 1.78. The van der Waals surface area contributed by atoms with Crippen LogP contribution in [-0.2, 0) is 11.2 Å². The van der Waals surface area contributed by atoms with Gasteiger partial charge in [0.2, 0.25) is 0 Å². The van der Waals surface area contributed by atoms with Crippen LogP contribution in [0.15, 0.2) is 72.8 Å². The van der Waals surface area contributed by atoms with Gasteiger partial charge in [0.05, 0.1) is 0 Å². The molecular weight excluding hydrogens is 373 g/mol. The number of para-hydroxylation sites is 1. The summed E-state index contributed by atoms with van der Waals surface area (Å²) in [6.45, 7) is 0. The molecule has 3 rings (SSSR count). The van der Waals surface area contributed by atoms with E-state index in [1.54, 1.807) is 48.5 Å². The van der Waals surface area contributed by atoms with E-state index in [4.69, 9.17) is 0 Å². The number of carbonyl (C=O) groups is 2. The standard InChI is InChI=1S/C23H20FNO4/c24-17-10-8-16(9-11-17)22(27)19-3-1-2-4-20(19)25-21(23(28)29)14-7-15-5-12-18(26)13-6-15/h1-6,8-13,21,25-26H,7,14H2,(H,28,29). The van der Waals surface area contributed by atoms with E-state index < -0.39 is 17.8 Å². The molecule has 5 nitrogen and oxygen atoms in total. The van der Waals surface area contributed by atoms with Crippen LogP contribution in [0.4, 0.5) is 10.1 Å². The van der Waals surface area contributed by atoms with E-state index in [1.807, 2.05) is 0 Å². The maximum absolute atomic E-state index is 13.1. The summed E-state index contributed by atoms with van der Waals surface area (Å²) in [4.78, 5) is 24.5. The summed E-state index contributed by atoms with van der Waals surface area (Å²) in [6, 6.07) is 17.5. The summed E-state index contributed by atoms with van der Waals surface area (Å²) in [6.07, 6.45) is 0.775. The van der Waals surface area contributed by atoms with Gasteiger partial charge in [-0.05, 0) is 66.9 Å². The number of phenolic OH excluding ortho intramolecular Hbond substituents is 1. The molecule has 0 bridgehead atoms. The molecule has 0 amide bonds. The van der Waals surface area contributed by atoms with E-state index in [-0.39, 0.29) is 11.5 Å². The maximum atomic E-state index is 13.1. The molecule has 0 saturated heterocycles. The Morgan fingerprint density at radius 1 is 0.931 bits per heavy atom. The summed E-state index contributed by atoms with van der Waals surface area (Å²) in [5.41, 5.74) is 1.93. The van der Waals surface area contributed by atoms with Crippen LogP contribution in [-0.4, -0.2) is 28.0 Å². The first-order valence-corrected chi connectivity index (χ1v) is 9.10. The fourth-order valence-corrected chi connectivity index (χ4v) is 2.98. The average Bonchev–Trinajstić information content (AvgIpc) is 2.72. The van der Waals surface area contributed by atoms with Crippen LogP contribution >= 0.6 is 0 Å². The van der Waals surface area contributed by atoms with Crippen LogP contribution in [0.1, 0.15) is 27.9 Å². The molecule has 3 aromatic carbocycles. The SMILES string of the molecule is O=C(c1ccc(F)cc1)c1ccccc1NC(CCc1ccc(O)cc1)C(=O)O.